The Kier molecular flexibility index (Phi) is 6.33. The van der Waals surface area contributed by atoms with Crippen molar-refractivity contribution in [3.05, 3.63) is 23.8 Å². The van der Waals surface area contributed by atoms with Crippen molar-refractivity contribution in [2.75, 3.05) is 19.0 Å². The van der Waals surface area contributed by atoms with Crippen molar-refractivity contribution in [1.82, 2.24) is 0 Å². The van der Waals surface area contributed by atoms with Crippen molar-refractivity contribution in [3.63, 3.8) is 0 Å². The minimum Gasteiger partial charge on any atom is -0.434 e. The fraction of sp³-hybridized carbons (Fsp3) is 0.462. The molecule has 1 aromatic carbocycles. The van der Waals surface area contributed by atoms with Crippen LogP contribution in [-0.4, -0.2) is 32.3 Å². The van der Waals surface area contributed by atoms with Crippen LogP contribution in [0.1, 0.15) is 12.0 Å². The van der Waals surface area contributed by atoms with Gasteiger partial charge in [-0.2, -0.15) is 8.78 Å². The Morgan fingerprint density at radius 1 is 1.45 bits per heavy atom. The predicted octanol–water partition coefficient (Wildman–Crippen LogP) is 1.90. The van der Waals surface area contributed by atoms with E-state index in [0.29, 0.717) is 11.3 Å². The van der Waals surface area contributed by atoms with Crippen molar-refractivity contribution in [3.8, 4) is 5.75 Å². The van der Waals surface area contributed by atoms with Gasteiger partial charge in [-0.25, -0.2) is 0 Å². The molecule has 0 aliphatic rings. The average molecular weight is 288 g/mol. The molecule has 0 bridgehead atoms. The van der Waals surface area contributed by atoms with E-state index >= 15 is 0 Å². The number of anilines is 1. The molecule has 0 radical (unpaired) electrons. The van der Waals surface area contributed by atoms with Crippen molar-refractivity contribution < 1.29 is 23.0 Å². The Labute approximate surface area is 116 Å². The maximum Gasteiger partial charge on any atom is 0.387 e. The van der Waals surface area contributed by atoms with Crippen molar-refractivity contribution >= 4 is 11.6 Å². The molecule has 0 fully saturated rings. The van der Waals surface area contributed by atoms with Crippen molar-refractivity contribution in [2.45, 2.75) is 26.1 Å². The minimum absolute atomic E-state index is 0.0277. The fourth-order valence-corrected chi connectivity index (χ4v) is 1.58. The van der Waals surface area contributed by atoms with Crippen LogP contribution in [0.25, 0.3) is 0 Å². The molecule has 0 aliphatic carbocycles. The number of amides is 1. The van der Waals surface area contributed by atoms with E-state index in [1.54, 1.807) is 19.1 Å². The number of rotatable bonds is 7. The van der Waals surface area contributed by atoms with Gasteiger partial charge < -0.3 is 20.5 Å². The summed E-state index contributed by atoms with van der Waals surface area (Å²) < 4.78 is 33.8. The van der Waals surface area contributed by atoms with Gasteiger partial charge in [0.15, 0.2) is 0 Å². The molecule has 3 N–H and O–H groups in total. The number of benzene rings is 1. The van der Waals surface area contributed by atoms with Crippen LogP contribution in [-0.2, 0) is 9.53 Å². The van der Waals surface area contributed by atoms with E-state index in [1.165, 1.54) is 13.2 Å². The van der Waals surface area contributed by atoms with Gasteiger partial charge in [-0.05, 0) is 18.6 Å². The summed E-state index contributed by atoms with van der Waals surface area (Å²) in [5, 5.41) is 2.58. The molecule has 112 valence electrons. The van der Waals surface area contributed by atoms with E-state index in [1.807, 2.05) is 0 Å². The van der Waals surface area contributed by atoms with E-state index in [9.17, 15) is 13.6 Å². The van der Waals surface area contributed by atoms with Gasteiger partial charge in [-0.15, -0.1) is 0 Å². The standard InChI is InChI=1S/C13H18F2N2O3/c1-8-3-4-9(5-11(8)20-13(14)15)17-12(18)6-10(7-16)19-2/h3-5,10,13H,6-7,16H2,1-2H3,(H,17,18). The van der Waals surface area contributed by atoms with Crippen LogP contribution < -0.4 is 15.8 Å². The second-order valence-electron chi connectivity index (χ2n) is 4.20. The van der Waals surface area contributed by atoms with Gasteiger partial charge in [0.05, 0.1) is 12.5 Å². The topological polar surface area (TPSA) is 73.6 Å². The molecular formula is C13H18F2N2O3. The highest BCUT2D eigenvalue weighted by molar-refractivity contribution is 5.91. The summed E-state index contributed by atoms with van der Waals surface area (Å²) in [5.41, 5.74) is 6.35. The van der Waals surface area contributed by atoms with E-state index in [2.05, 4.69) is 10.1 Å². The molecule has 0 aliphatic heterocycles. The third kappa shape index (κ3) is 5.10. The Hall–Kier alpha value is -1.73. The first-order valence-electron chi connectivity index (χ1n) is 6.04. The number of carbonyl (C=O) groups excluding carboxylic acids is 1. The van der Waals surface area contributed by atoms with Crippen LogP contribution in [0, 0.1) is 6.92 Å². The zero-order valence-corrected chi connectivity index (χ0v) is 11.4. The zero-order valence-electron chi connectivity index (χ0n) is 11.4. The molecule has 0 spiro atoms. The summed E-state index contributed by atoms with van der Waals surface area (Å²) in [5.74, 6) is -0.283. The number of nitrogens with one attached hydrogen (secondary N) is 1. The highest BCUT2D eigenvalue weighted by Crippen LogP contribution is 2.24. The molecule has 0 saturated carbocycles. The molecule has 7 heteroatoms. The first-order chi connectivity index (χ1) is 9.46. The number of alkyl halides is 2. The molecule has 20 heavy (non-hydrogen) atoms. The third-order valence-electron chi connectivity index (χ3n) is 2.70. The van der Waals surface area contributed by atoms with Crippen LogP contribution in [0.15, 0.2) is 18.2 Å². The number of aryl methyl sites for hydroxylation is 1. The SMILES string of the molecule is COC(CN)CC(=O)Nc1ccc(C)c(OC(F)F)c1. The first kappa shape index (κ1) is 16.3. The molecule has 5 nitrogen and oxygen atoms in total. The molecule has 0 heterocycles. The molecule has 1 amide bonds. The molecule has 1 atom stereocenters. The van der Waals surface area contributed by atoms with E-state index in [4.69, 9.17) is 10.5 Å². The van der Waals surface area contributed by atoms with Crippen LogP contribution in [0.5, 0.6) is 5.75 Å². The third-order valence-corrected chi connectivity index (χ3v) is 2.70. The molecule has 1 unspecified atom stereocenters. The number of nitrogens with two attached hydrogens (primary N) is 1. The summed E-state index contributed by atoms with van der Waals surface area (Å²) in [4.78, 5) is 11.7. The molecule has 1 aromatic rings. The minimum atomic E-state index is -2.91. The Morgan fingerprint density at radius 3 is 2.70 bits per heavy atom. The molecule has 0 aromatic heterocycles. The maximum absolute atomic E-state index is 12.2. The number of hydrogen-bond donors (Lipinski definition) is 2. The van der Waals surface area contributed by atoms with Crippen molar-refractivity contribution in [2.24, 2.45) is 5.73 Å². The Morgan fingerprint density at radius 2 is 2.15 bits per heavy atom. The number of carbonyl (C=O) groups is 1. The van der Waals surface area contributed by atoms with E-state index in [-0.39, 0.29) is 30.7 Å². The lowest BCUT2D eigenvalue weighted by Crippen LogP contribution is -2.28. The highest BCUT2D eigenvalue weighted by atomic mass is 19.3. The Balaban J connectivity index is 2.70. The first-order valence-corrected chi connectivity index (χ1v) is 6.04. The number of ether oxygens (including phenoxy) is 2. The fourth-order valence-electron chi connectivity index (χ4n) is 1.58. The highest BCUT2D eigenvalue weighted by Gasteiger charge is 2.13. The maximum atomic E-state index is 12.2. The number of halogens is 2. The van der Waals surface area contributed by atoms with Gasteiger partial charge in [0, 0.05) is 25.4 Å². The van der Waals surface area contributed by atoms with Crippen LogP contribution in [0.4, 0.5) is 14.5 Å². The smallest absolute Gasteiger partial charge is 0.387 e. The van der Waals surface area contributed by atoms with Gasteiger partial charge >= 0.3 is 6.61 Å². The van der Waals surface area contributed by atoms with E-state index in [0.717, 1.165) is 0 Å². The second-order valence-corrected chi connectivity index (χ2v) is 4.20. The van der Waals surface area contributed by atoms with Gasteiger partial charge in [-0.3, -0.25) is 4.79 Å². The summed E-state index contributed by atoms with van der Waals surface area (Å²) in [6.45, 7) is -1.05. The molecular weight excluding hydrogens is 270 g/mol. The van der Waals surface area contributed by atoms with Crippen molar-refractivity contribution in [1.29, 1.82) is 0 Å². The zero-order chi connectivity index (χ0) is 15.1. The quantitative estimate of drug-likeness (QED) is 0.803. The number of hydrogen-bond acceptors (Lipinski definition) is 4. The predicted molar refractivity (Wildman–Crippen MR) is 70.9 cm³/mol. The van der Waals surface area contributed by atoms with Gasteiger partial charge in [0.1, 0.15) is 5.75 Å². The summed E-state index contributed by atoms with van der Waals surface area (Å²) >= 11 is 0. The average Bonchev–Trinajstić information content (AvgIpc) is 2.39. The number of methoxy groups -OCH3 is 1. The second kappa shape index (κ2) is 7.76. The largest absolute Gasteiger partial charge is 0.434 e. The van der Waals surface area contributed by atoms with Crippen LogP contribution in [0.3, 0.4) is 0 Å². The van der Waals surface area contributed by atoms with Crippen LogP contribution >= 0.6 is 0 Å². The summed E-state index contributed by atoms with van der Waals surface area (Å²) in [6.07, 6.45) is -0.288. The molecule has 0 saturated heterocycles. The lowest BCUT2D eigenvalue weighted by molar-refractivity contribution is -0.118. The lowest BCUT2D eigenvalue weighted by Gasteiger charge is -2.14. The van der Waals surface area contributed by atoms with E-state index < -0.39 is 6.61 Å². The normalized spacial score (nSPS) is 12.3. The summed E-state index contributed by atoms with van der Waals surface area (Å²) in [7, 11) is 1.46. The lowest BCUT2D eigenvalue weighted by atomic mass is 10.2. The molecule has 1 rings (SSSR count). The van der Waals surface area contributed by atoms with Gasteiger partial charge in [0.25, 0.3) is 0 Å². The monoisotopic (exact) mass is 288 g/mol. The van der Waals surface area contributed by atoms with Gasteiger partial charge in [0.2, 0.25) is 5.91 Å². The van der Waals surface area contributed by atoms with Crippen LogP contribution in [0.2, 0.25) is 0 Å². The van der Waals surface area contributed by atoms with Gasteiger partial charge in [-0.1, -0.05) is 6.07 Å². The summed E-state index contributed by atoms with van der Waals surface area (Å²) in [6, 6.07) is 4.55. The Bertz CT molecular complexity index is 451.